The van der Waals surface area contributed by atoms with Gasteiger partial charge in [-0.15, -0.1) is 11.8 Å². The van der Waals surface area contributed by atoms with E-state index in [1.807, 2.05) is 34.1 Å². The molecule has 4 amide bonds. The van der Waals surface area contributed by atoms with Crippen LogP contribution in [-0.2, 0) is 16.0 Å². The monoisotopic (exact) mass is 568 g/mol. The summed E-state index contributed by atoms with van der Waals surface area (Å²) in [6, 6.07) is 14.5. The van der Waals surface area contributed by atoms with Gasteiger partial charge >= 0.3 is 6.03 Å². The zero-order valence-electron chi connectivity index (χ0n) is 23.6. The first-order valence-electron chi connectivity index (χ1n) is 14.2. The first-order valence-corrected chi connectivity index (χ1v) is 15.2. The Hall–Kier alpha value is -3.07. The summed E-state index contributed by atoms with van der Waals surface area (Å²) in [4.78, 5) is 45.3. The number of nitrogens with zero attached hydrogens (tertiary/aromatic N) is 3. The van der Waals surface area contributed by atoms with Crippen molar-refractivity contribution in [1.82, 2.24) is 14.7 Å². The van der Waals surface area contributed by atoms with Gasteiger partial charge in [-0.2, -0.15) is 0 Å². The van der Waals surface area contributed by atoms with Crippen LogP contribution >= 0.6 is 11.8 Å². The van der Waals surface area contributed by atoms with Gasteiger partial charge in [-0.05, 0) is 48.8 Å². The Kier molecular flexibility index (Phi) is 8.40. The zero-order chi connectivity index (χ0) is 28.4. The third kappa shape index (κ3) is 6.29. The average molecular weight is 569 g/mol. The van der Waals surface area contributed by atoms with Crippen molar-refractivity contribution in [3.8, 4) is 0 Å². The van der Waals surface area contributed by atoms with Crippen LogP contribution in [0, 0.1) is 11.2 Å². The Bertz CT molecular complexity index is 1260. The summed E-state index contributed by atoms with van der Waals surface area (Å²) in [5.74, 6) is -0.475. The topological polar surface area (TPSA) is 73.0 Å². The van der Waals surface area contributed by atoms with Gasteiger partial charge in [0.15, 0.2) is 0 Å². The van der Waals surface area contributed by atoms with E-state index in [1.54, 1.807) is 23.1 Å². The van der Waals surface area contributed by atoms with Gasteiger partial charge < -0.3 is 20.0 Å². The summed E-state index contributed by atoms with van der Waals surface area (Å²) in [6.07, 6.45) is 3.09. The lowest BCUT2D eigenvalue weighted by molar-refractivity contribution is -0.137. The first kappa shape index (κ1) is 28.5. The smallest absolute Gasteiger partial charge is 0.322 e. The van der Waals surface area contributed by atoms with Crippen LogP contribution in [0.3, 0.4) is 0 Å². The van der Waals surface area contributed by atoms with E-state index < -0.39 is 10.6 Å². The molecule has 3 heterocycles. The van der Waals surface area contributed by atoms with Crippen molar-refractivity contribution >= 4 is 35.3 Å². The number of para-hydroxylation sites is 1. The molecule has 2 saturated heterocycles. The highest BCUT2D eigenvalue weighted by Crippen LogP contribution is 2.45. The summed E-state index contributed by atoms with van der Waals surface area (Å²) in [6.45, 7) is 8.64. The number of likely N-dealkylation sites (tertiary alicyclic amines) is 1. The largest absolute Gasteiger partial charge is 0.342 e. The number of thioether (sulfide) groups is 1. The maximum Gasteiger partial charge on any atom is 0.322 e. The second-order valence-corrected chi connectivity index (χ2v) is 13.5. The van der Waals surface area contributed by atoms with Gasteiger partial charge in [0.05, 0.1) is 5.25 Å². The minimum Gasteiger partial charge on any atom is -0.342 e. The van der Waals surface area contributed by atoms with E-state index in [2.05, 4.69) is 26.1 Å². The van der Waals surface area contributed by atoms with Gasteiger partial charge in [-0.1, -0.05) is 57.2 Å². The molecule has 9 heteroatoms. The number of piperidine rings is 1. The summed E-state index contributed by atoms with van der Waals surface area (Å²) < 4.78 is 14.8. The molecule has 0 radical (unpaired) electrons. The first-order chi connectivity index (χ1) is 19.1. The average Bonchev–Trinajstić information content (AvgIpc) is 3.11. The number of hydrogen-bond acceptors (Lipinski definition) is 4. The molecule has 216 valence electrons. The molecule has 2 aromatic carbocycles. The van der Waals surface area contributed by atoms with Gasteiger partial charge in [-0.25, -0.2) is 9.18 Å². The second-order valence-electron chi connectivity index (χ2n) is 12.2. The predicted octanol–water partition coefficient (Wildman–Crippen LogP) is 5.92. The number of carbonyl (C=O) groups is 3. The second kappa shape index (κ2) is 11.8. The number of urea groups is 1. The van der Waals surface area contributed by atoms with Gasteiger partial charge in [0.2, 0.25) is 11.8 Å². The van der Waals surface area contributed by atoms with Gasteiger partial charge in [0.25, 0.3) is 0 Å². The van der Waals surface area contributed by atoms with E-state index in [9.17, 15) is 18.8 Å². The lowest BCUT2D eigenvalue weighted by Gasteiger charge is -2.38. The van der Waals surface area contributed by atoms with E-state index in [-0.39, 0.29) is 43.0 Å². The minimum absolute atomic E-state index is 0. The quantitative estimate of drug-likeness (QED) is 0.470. The van der Waals surface area contributed by atoms with Gasteiger partial charge in [0, 0.05) is 51.3 Å². The molecule has 2 fully saturated rings. The number of benzene rings is 2. The molecule has 40 heavy (non-hydrogen) atoms. The van der Waals surface area contributed by atoms with Crippen LogP contribution in [0.1, 0.15) is 64.4 Å². The van der Waals surface area contributed by atoms with Crippen molar-refractivity contribution in [2.45, 2.75) is 69.5 Å². The Morgan fingerprint density at radius 3 is 2.48 bits per heavy atom. The van der Waals surface area contributed by atoms with Crippen LogP contribution in [0.25, 0.3) is 0 Å². The molecular formula is C31H41FN4O3S. The molecule has 0 aliphatic carbocycles. The fraction of sp³-hybridized carbons (Fsp3) is 0.516. The Morgan fingerprint density at radius 1 is 1.05 bits per heavy atom. The van der Waals surface area contributed by atoms with E-state index in [1.165, 1.54) is 17.8 Å². The standard InChI is InChI=1S/C31H39FN4O3S.H2/c1-31(2,3)15-19-36-28(38)26(40-29(36)23-9-5-6-10-24(23)32)20-27(37)34-16-13-22(14-17-34)35-18-12-21-8-4-7-11-25(21)33-30(35)39;/h4-11,22,26,29H,12-20H2,1-3H3,(H,33,39);1H. The molecule has 5 rings (SSSR count). The van der Waals surface area contributed by atoms with Crippen LogP contribution in [0.15, 0.2) is 48.5 Å². The van der Waals surface area contributed by atoms with Crippen molar-refractivity contribution in [2.24, 2.45) is 5.41 Å². The summed E-state index contributed by atoms with van der Waals surface area (Å²) >= 11 is 1.38. The maximum atomic E-state index is 14.8. The van der Waals surface area contributed by atoms with E-state index in [0.29, 0.717) is 44.6 Å². The molecule has 0 spiro atoms. The molecule has 2 atom stereocenters. The number of anilines is 1. The summed E-state index contributed by atoms with van der Waals surface area (Å²) in [5.41, 5.74) is 2.51. The van der Waals surface area contributed by atoms with Gasteiger partial charge in [-0.3, -0.25) is 9.59 Å². The molecule has 0 saturated carbocycles. The van der Waals surface area contributed by atoms with Crippen LogP contribution in [0.2, 0.25) is 0 Å². The molecule has 2 unspecified atom stereocenters. The fourth-order valence-corrected chi connectivity index (χ4v) is 7.27. The van der Waals surface area contributed by atoms with Crippen molar-refractivity contribution in [3.63, 3.8) is 0 Å². The predicted molar refractivity (Wildman–Crippen MR) is 159 cm³/mol. The molecule has 7 nitrogen and oxygen atoms in total. The SMILES string of the molecule is CC(C)(C)CCN1C(=O)C(CC(=O)N2CCC(N3CCc4ccccc4NC3=O)CC2)SC1c1ccccc1F.[HH]. The molecule has 3 aliphatic heterocycles. The number of fused-ring (bicyclic) bond motifs is 1. The van der Waals surface area contributed by atoms with Crippen molar-refractivity contribution in [2.75, 3.05) is 31.5 Å². The Morgan fingerprint density at radius 2 is 1.75 bits per heavy atom. The van der Waals surface area contributed by atoms with Gasteiger partial charge in [0.1, 0.15) is 11.2 Å². The lowest BCUT2D eigenvalue weighted by Crippen LogP contribution is -2.50. The van der Waals surface area contributed by atoms with Crippen LogP contribution < -0.4 is 5.32 Å². The van der Waals surface area contributed by atoms with E-state index >= 15 is 0 Å². The molecule has 1 N–H and O–H groups in total. The van der Waals surface area contributed by atoms with Crippen molar-refractivity contribution < 1.29 is 20.2 Å². The van der Waals surface area contributed by atoms with E-state index in [0.717, 1.165) is 24.1 Å². The maximum absolute atomic E-state index is 14.8. The highest BCUT2D eigenvalue weighted by Gasteiger charge is 2.43. The summed E-state index contributed by atoms with van der Waals surface area (Å²) in [7, 11) is 0. The lowest BCUT2D eigenvalue weighted by atomic mass is 9.92. The molecular weight excluding hydrogens is 527 g/mol. The highest BCUT2D eigenvalue weighted by molar-refractivity contribution is 8.01. The third-order valence-corrected chi connectivity index (χ3v) is 9.63. The Balaban J connectivity index is 0.00000387. The highest BCUT2D eigenvalue weighted by atomic mass is 32.2. The number of rotatable bonds is 6. The fourth-order valence-electron chi connectivity index (χ4n) is 5.78. The van der Waals surface area contributed by atoms with Crippen LogP contribution in [0.5, 0.6) is 0 Å². The number of halogens is 1. The summed E-state index contributed by atoms with van der Waals surface area (Å²) in [5, 5.41) is 2.06. The van der Waals surface area contributed by atoms with Crippen molar-refractivity contribution in [1.29, 1.82) is 0 Å². The normalized spacial score (nSPS) is 22.2. The van der Waals surface area contributed by atoms with E-state index in [4.69, 9.17) is 0 Å². The molecule has 0 bridgehead atoms. The number of hydrogen-bond donors (Lipinski definition) is 1. The molecule has 2 aromatic rings. The zero-order valence-corrected chi connectivity index (χ0v) is 24.4. The third-order valence-electron chi connectivity index (χ3n) is 8.17. The van der Waals surface area contributed by atoms with Crippen molar-refractivity contribution in [3.05, 3.63) is 65.5 Å². The number of amides is 4. The minimum atomic E-state index is -0.537. The van der Waals surface area contributed by atoms with Crippen LogP contribution in [0.4, 0.5) is 14.9 Å². The van der Waals surface area contributed by atoms with Crippen LogP contribution in [-0.4, -0.2) is 70.0 Å². The number of nitrogens with one attached hydrogen (secondary N) is 1. The number of carbonyl (C=O) groups excluding carboxylic acids is 3. The molecule has 3 aliphatic rings. The Labute approximate surface area is 241 Å². The molecule has 0 aromatic heterocycles.